The monoisotopic (exact) mass is 495 g/mol. The molecule has 0 spiro atoms. The van der Waals surface area contributed by atoms with Crippen LogP contribution < -0.4 is 14.2 Å². The molecule has 0 saturated carbocycles. The number of carbonyl (C=O) groups is 2. The number of benzene rings is 2. The first-order chi connectivity index (χ1) is 17.5. The molecule has 0 aromatic heterocycles. The quantitative estimate of drug-likeness (QED) is 0.505. The molecule has 0 aliphatic carbocycles. The van der Waals surface area contributed by atoms with Crippen LogP contribution >= 0.6 is 0 Å². The normalized spacial score (nSPS) is 18.4. The second-order valence-corrected chi connectivity index (χ2v) is 9.45. The Morgan fingerprint density at radius 1 is 0.833 bits per heavy atom. The highest BCUT2D eigenvalue weighted by Gasteiger charge is 2.37. The molecule has 194 valence electrons. The van der Waals surface area contributed by atoms with Gasteiger partial charge < -0.3 is 24.0 Å². The van der Waals surface area contributed by atoms with E-state index in [1.54, 1.807) is 21.3 Å². The first-order valence-corrected chi connectivity index (χ1v) is 12.6. The Labute approximate surface area is 213 Å². The largest absolute Gasteiger partial charge is 0.497 e. The standard InChI is InChI=1S/C28H37N3O5/c1-34-24-7-4-21(5-8-24)10-12-29-14-16-30(17-15-29)28(33)23-19-27(32)31(20-23)13-11-22-6-9-25(35-2)26(18-22)36-3/h4-9,18,23H,10-17,19-20H2,1-3H3. The molecule has 2 heterocycles. The average molecular weight is 496 g/mol. The Morgan fingerprint density at radius 2 is 1.50 bits per heavy atom. The summed E-state index contributed by atoms with van der Waals surface area (Å²) in [6.07, 6.45) is 1.99. The second-order valence-electron chi connectivity index (χ2n) is 9.45. The molecular formula is C28H37N3O5. The molecule has 0 radical (unpaired) electrons. The molecule has 2 amide bonds. The van der Waals surface area contributed by atoms with Gasteiger partial charge in [-0.2, -0.15) is 0 Å². The van der Waals surface area contributed by atoms with E-state index in [0.29, 0.717) is 37.4 Å². The molecular weight excluding hydrogens is 458 g/mol. The smallest absolute Gasteiger partial charge is 0.228 e. The third kappa shape index (κ3) is 6.29. The highest BCUT2D eigenvalue weighted by atomic mass is 16.5. The molecule has 2 aliphatic heterocycles. The molecule has 8 heteroatoms. The highest BCUT2D eigenvalue weighted by Crippen LogP contribution is 2.28. The van der Waals surface area contributed by atoms with Crippen molar-refractivity contribution in [1.29, 1.82) is 0 Å². The number of nitrogens with zero attached hydrogens (tertiary/aromatic N) is 3. The fraction of sp³-hybridized carbons (Fsp3) is 0.500. The fourth-order valence-electron chi connectivity index (χ4n) is 4.98. The summed E-state index contributed by atoms with van der Waals surface area (Å²) >= 11 is 0. The van der Waals surface area contributed by atoms with Crippen molar-refractivity contribution in [3.63, 3.8) is 0 Å². The molecule has 0 bridgehead atoms. The Bertz CT molecular complexity index is 1030. The predicted octanol–water partition coefficient (Wildman–Crippen LogP) is 2.49. The SMILES string of the molecule is COc1ccc(CCN2CCN(C(=O)C3CC(=O)N(CCc4ccc(OC)c(OC)c4)C3)CC2)cc1. The molecule has 36 heavy (non-hydrogen) atoms. The minimum absolute atomic E-state index is 0.0620. The summed E-state index contributed by atoms with van der Waals surface area (Å²) < 4.78 is 15.9. The van der Waals surface area contributed by atoms with Crippen LogP contribution in [0.2, 0.25) is 0 Å². The zero-order chi connectivity index (χ0) is 25.5. The third-order valence-corrected chi connectivity index (χ3v) is 7.24. The van der Waals surface area contributed by atoms with Gasteiger partial charge in [0.05, 0.1) is 27.2 Å². The lowest BCUT2D eigenvalue weighted by molar-refractivity contribution is -0.137. The second kappa shape index (κ2) is 12.1. The van der Waals surface area contributed by atoms with E-state index in [2.05, 4.69) is 17.0 Å². The number of hydrogen-bond donors (Lipinski definition) is 0. The van der Waals surface area contributed by atoms with Gasteiger partial charge in [-0.1, -0.05) is 18.2 Å². The van der Waals surface area contributed by atoms with Crippen LogP contribution in [-0.4, -0.2) is 93.7 Å². The summed E-state index contributed by atoms with van der Waals surface area (Å²) in [5, 5.41) is 0. The maximum Gasteiger partial charge on any atom is 0.228 e. The lowest BCUT2D eigenvalue weighted by atomic mass is 10.1. The summed E-state index contributed by atoms with van der Waals surface area (Å²) in [5.41, 5.74) is 2.35. The lowest BCUT2D eigenvalue weighted by Crippen LogP contribution is -2.51. The van der Waals surface area contributed by atoms with Gasteiger partial charge in [-0.05, 0) is 48.2 Å². The van der Waals surface area contributed by atoms with Gasteiger partial charge >= 0.3 is 0 Å². The number of methoxy groups -OCH3 is 3. The predicted molar refractivity (Wildman–Crippen MR) is 138 cm³/mol. The van der Waals surface area contributed by atoms with E-state index in [4.69, 9.17) is 14.2 Å². The number of amides is 2. The Kier molecular flexibility index (Phi) is 8.70. The topological polar surface area (TPSA) is 71.6 Å². The van der Waals surface area contributed by atoms with Crippen LogP contribution in [0, 0.1) is 5.92 Å². The molecule has 1 unspecified atom stereocenters. The van der Waals surface area contributed by atoms with Crippen molar-refractivity contribution in [3.8, 4) is 17.2 Å². The number of hydrogen-bond acceptors (Lipinski definition) is 6. The van der Waals surface area contributed by atoms with E-state index in [1.807, 2.05) is 40.1 Å². The zero-order valence-corrected chi connectivity index (χ0v) is 21.6. The van der Waals surface area contributed by atoms with Gasteiger partial charge in [-0.3, -0.25) is 14.5 Å². The molecule has 4 rings (SSSR count). The first kappa shape index (κ1) is 25.8. The van der Waals surface area contributed by atoms with Crippen molar-refractivity contribution in [1.82, 2.24) is 14.7 Å². The van der Waals surface area contributed by atoms with Crippen LogP contribution in [0.5, 0.6) is 17.2 Å². The maximum absolute atomic E-state index is 13.2. The zero-order valence-electron chi connectivity index (χ0n) is 21.6. The van der Waals surface area contributed by atoms with Gasteiger partial charge in [0, 0.05) is 52.2 Å². The summed E-state index contributed by atoms with van der Waals surface area (Å²) in [4.78, 5) is 31.9. The summed E-state index contributed by atoms with van der Waals surface area (Å²) in [6.45, 7) is 5.24. The van der Waals surface area contributed by atoms with E-state index in [0.717, 1.165) is 50.5 Å². The summed E-state index contributed by atoms with van der Waals surface area (Å²) in [7, 11) is 4.90. The van der Waals surface area contributed by atoms with Crippen LogP contribution in [-0.2, 0) is 22.4 Å². The van der Waals surface area contributed by atoms with E-state index in [1.165, 1.54) is 5.56 Å². The average Bonchev–Trinajstić information content (AvgIpc) is 3.30. The van der Waals surface area contributed by atoms with Crippen LogP contribution in [0.15, 0.2) is 42.5 Å². The van der Waals surface area contributed by atoms with Crippen LogP contribution in [0.1, 0.15) is 17.5 Å². The van der Waals surface area contributed by atoms with E-state index in [9.17, 15) is 9.59 Å². The van der Waals surface area contributed by atoms with Gasteiger partial charge in [0.2, 0.25) is 11.8 Å². The van der Waals surface area contributed by atoms with Gasteiger partial charge in [-0.25, -0.2) is 0 Å². The highest BCUT2D eigenvalue weighted by molar-refractivity contribution is 5.89. The van der Waals surface area contributed by atoms with Crippen molar-refractivity contribution in [2.24, 2.45) is 5.92 Å². The molecule has 2 fully saturated rings. The molecule has 2 saturated heterocycles. The van der Waals surface area contributed by atoms with E-state index in [-0.39, 0.29) is 17.7 Å². The lowest BCUT2D eigenvalue weighted by Gasteiger charge is -2.36. The van der Waals surface area contributed by atoms with Crippen LogP contribution in [0.4, 0.5) is 0 Å². The van der Waals surface area contributed by atoms with Crippen molar-refractivity contribution >= 4 is 11.8 Å². The Morgan fingerprint density at radius 3 is 2.17 bits per heavy atom. The molecule has 2 aromatic carbocycles. The number of likely N-dealkylation sites (tertiary alicyclic amines) is 1. The van der Waals surface area contributed by atoms with Crippen LogP contribution in [0.25, 0.3) is 0 Å². The first-order valence-electron chi connectivity index (χ1n) is 12.6. The summed E-state index contributed by atoms with van der Waals surface area (Å²) in [6, 6.07) is 14.0. The van der Waals surface area contributed by atoms with Crippen molar-refractivity contribution in [3.05, 3.63) is 53.6 Å². The van der Waals surface area contributed by atoms with Gasteiger partial charge in [0.15, 0.2) is 11.5 Å². The Balaban J connectivity index is 1.21. The van der Waals surface area contributed by atoms with Crippen LogP contribution in [0.3, 0.4) is 0 Å². The third-order valence-electron chi connectivity index (χ3n) is 7.24. The number of ether oxygens (including phenoxy) is 3. The van der Waals surface area contributed by atoms with Gasteiger partial charge in [0.25, 0.3) is 0 Å². The number of carbonyl (C=O) groups excluding carboxylic acids is 2. The van der Waals surface area contributed by atoms with Crippen molar-refractivity contribution < 1.29 is 23.8 Å². The van der Waals surface area contributed by atoms with E-state index >= 15 is 0 Å². The van der Waals surface area contributed by atoms with Crippen molar-refractivity contribution in [2.75, 3.05) is 67.1 Å². The fourth-order valence-corrected chi connectivity index (χ4v) is 4.98. The number of piperazine rings is 1. The maximum atomic E-state index is 13.2. The Hall–Kier alpha value is -3.26. The molecule has 8 nitrogen and oxygen atoms in total. The van der Waals surface area contributed by atoms with Gasteiger partial charge in [0.1, 0.15) is 5.75 Å². The molecule has 2 aromatic rings. The summed E-state index contributed by atoms with van der Waals surface area (Å²) in [5.74, 6) is 2.17. The van der Waals surface area contributed by atoms with Crippen molar-refractivity contribution in [2.45, 2.75) is 19.3 Å². The minimum Gasteiger partial charge on any atom is -0.497 e. The van der Waals surface area contributed by atoms with E-state index < -0.39 is 0 Å². The molecule has 0 N–H and O–H groups in total. The minimum atomic E-state index is -0.242. The molecule has 1 atom stereocenters. The molecule has 2 aliphatic rings. The number of rotatable bonds is 10. The van der Waals surface area contributed by atoms with Gasteiger partial charge in [-0.15, -0.1) is 0 Å².